The van der Waals surface area contributed by atoms with E-state index in [1.807, 2.05) is 6.07 Å². The number of benzene rings is 3. The van der Waals surface area contributed by atoms with Crippen molar-refractivity contribution in [1.29, 1.82) is 0 Å². The minimum absolute atomic E-state index is 0.00261. The van der Waals surface area contributed by atoms with Gasteiger partial charge >= 0.3 is 0 Å². The van der Waals surface area contributed by atoms with Crippen LogP contribution >= 0.6 is 0 Å². The maximum absolute atomic E-state index is 11.1. The molecule has 1 unspecified atom stereocenters. The maximum Gasteiger partial charge on any atom is 0.162 e. The van der Waals surface area contributed by atoms with Gasteiger partial charge in [-0.2, -0.15) is 0 Å². The van der Waals surface area contributed by atoms with E-state index in [1.165, 1.54) is 63.4 Å². The highest BCUT2D eigenvalue weighted by Gasteiger charge is 2.19. The zero-order valence-electron chi connectivity index (χ0n) is 30.4. The number of rotatable bonds is 20. The van der Waals surface area contributed by atoms with Gasteiger partial charge in [0.05, 0.1) is 24.4 Å². The molecule has 1 aliphatic rings. The van der Waals surface area contributed by atoms with Gasteiger partial charge in [0.15, 0.2) is 11.7 Å². The first-order valence-electron chi connectivity index (χ1n) is 18.3. The van der Waals surface area contributed by atoms with E-state index in [2.05, 4.69) is 65.0 Å². The molecule has 4 rings (SSSR count). The number of aliphatic imine (C=N–C) groups is 3. The summed E-state index contributed by atoms with van der Waals surface area (Å²) in [6.45, 7) is 11.8. The van der Waals surface area contributed by atoms with E-state index in [0.717, 1.165) is 46.4 Å². The molecule has 0 amide bonds. The number of aromatic hydroxyl groups is 1. The first-order chi connectivity index (χ1) is 23.7. The lowest BCUT2D eigenvalue weighted by molar-refractivity contribution is 0.0109. The molecule has 0 radical (unpaired) electrons. The second kappa shape index (κ2) is 20.0. The fourth-order valence-corrected chi connectivity index (χ4v) is 6.21. The Hall–Kier alpha value is -3.81. The Morgan fingerprint density at radius 2 is 1.24 bits per heavy atom. The van der Waals surface area contributed by atoms with Crippen LogP contribution in [0.4, 0.5) is 0 Å². The molecule has 7 nitrogen and oxygen atoms in total. The molecule has 1 atom stereocenters. The third-order valence-electron chi connectivity index (χ3n) is 9.00. The van der Waals surface area contributed by atoms with Gasteiger partial charge < -0.3 is 19.7 Å². The second-order valence-corrected chi connectivity index (χ2v) is 13.5. The number of nitrogens with zero attached hydrogens (tertiary/aromatic N) is 3. The van der Waals surface area contributed by atoms with Gasteiger partial charge in [-0.3, -0.25) is 4.99 Å². The molecule has 0 fully saturated rings. The minimum atomic E-state index is -0.758. The van der Waals surface area contributed by atoms with Gasteiger partial charge in [-0.05, 0) is 57.4 Å². The molecule has 7 heteroatoms. The Kier molecular flexibility index (Phi) is 15.5. The Bertz CT molecular complexity index is 1590. The first-order valence-corrected chi connectivity index (χ1v) is 18.3. The number of ether oxygens (including phenoxy) is 2. The molecule has 0 aromatic heterocycles. The van der Waals surface area contributed by atoms with Crippen molar-refractivity contribution in [3.8, 4) is 11.5 Å². The van der Waals surface area contributed by atoms with Crippen molar-refractivity contribution in [2.24, 2.45) is 15.0 Å². The molecular formula is C42H57N3O4. The van der Waals surface area contributed by atoms with Crippen molar-refractivity contribution < 1.29 is 19.7 Å². The molecule has 49 heavy (non-hydrogen) atoms. The number of aryl methyl sites for hydroxylation is 4. The fraction of sp³-hybridized carbons (Fsp3) is 0.500. The Morgan fingerprint density at radius 3 is 1.86 bits per heavy atom. The van der Waals surface area contributed by atoms with Crippen LogP contribution in [-0.4, -0.2) is 60.1 Å². The van der Waals surface area contributed by atoms with Crippen LogP contribution in [0, 0.1) is 27.7 Å². The van der Waals surface area contributed by atoms with E-state index in [9.17, 15) is 10.2 Å². The van der Waals surface area contributed by atoms with E-state index in [4.69, 9.17) is 24.5 Å². The van der Waals surface area contributed by atoms with Crippen LogP contribution in [0.3, 0.4) is 0 Å². The maximum atomic E-state index is 11.1. The molecule has 1 aliphatic heterocycles. The average Bonchev–Trinajstić information content (AvgIpc) is 3.29. The highest BCUT2D eigenvalue weighted by Crippen LogP contribution is 2.27. The summed E-state index contributed by atoms with van der Waals surface area (Å²) in [6, 6.07) is 17.6. The largest absolute Gasteiger partial charge is 0.507 e. The molecule has 0 aliphatic carbocycles. The van der Waals surface area contributed by atoms with Crippen molar-refractivity contribution >= 4 is 17.4 Å². The molecule has 0 saturated heterocycles. The fourth-order valence-electron chi connectivity index (χ4n) is 6.21. The number of phenolic OH excluding ortho intramolecular Hbond substituents is 1. The number of aliphatic hydroxyl groups is 1. The van der Waals surface area contributed by atoms with E-state index in [0.29, 0.717) is 36.1 Å². The summed E-state index contributed by atoms with van der Waals surface area (Å²) in [5.74, 6) is 1.40. The van der Waals surface area contributed by atoms with E-state index >= 15 is 0 Å². The highest BCUT2D eigenvalue weighted by atomic mass is 16.5. The van der Waals surface area contributed by atoms with Crippen LogP contribution < -0.4 is 4.74 Å². The van der Waals surface area contributed by atoms with Crippen molar-refractivity contribution in [3.05, 3.63) is 93.5 Å². The molecule has 0 spiro atoms. The Morgan fingerprint density at radius 1 is 0.653 bits per heavy atom. The zero-order valence-corrected chi connectivity index (χ0v) is 30.4. The predicted molar refractivity (Wildman–Crippen MR) is 203 cm³/mol. The SMILES string of the molecule is CCCCCCCCCCCCCOCC(O)COc1ccc(C2=NCC(c3ccc(C)cc3C)=NC(c3ccc(C)cc3C)=N2)c(O)c1. The topological polar surface area (TPSA) is 96.0 Å². The Labute approximate surface area is 294 Å². The molecule has 3 aromatic carbocycles. The molecular weight excluding hydrogens is 610 g/mol. The molecule has 1 heterocycles. The molecule has 3 aromatic rings. The summed E-state index contributed by atoms with van der Waals surface area (Å²) >= 11 is 0. The lowest BCUT2D eigenvalue weighted by atomic mass is 10.0. The number of aliphatic hydroxyl groups excluding tert-OH is 1. The summed E-state index contributed by atoms with van der Waals surface area (Å²) in [4.78, 5) is 14.8. The third kappa shape index (κ3) is 12.2. The monoisotopic (exact) mass is 667 g/mol. The smallest absolute Gasteiger partial charge is 0.162 e. The van der Waals surface area contributed by atoms with E-state index in [-0.39, 0.29) is 19.0 Å². The van der Waals surface area contributed by atoms with Crippen molar-refractivity contribution in [2.45, 2.75) is 111 Å². The van der Waals surface area contributed by atoms with Crippen molar-refractivity contribution in [2.75, 3.05) is 26.4 Å². The Balaban J connectivity index is 1.30. The summed E-state index contributed by atoms with van der Waals surface area (Å²) in [6.07, 6.45) is 13.5. The number of unbranched alkanes of at least 4 members (excludes halogenated alkanes) is 10. The van der Waals surface area contributed by atoms with Crippen LogP contribution in [0.1, 0.15) is 116 Å². The van der Waals surface area contributed by atoms with Gasteiger partial charge in [0.1, 0.15) is 24.2 Å². The summed E-state index contributed by atoms with van der Waals surface area (Å²) < 4.78 is 11.5. The van der Waals surface area contributed by atoms with Crippen LogP contribution in [0.5, 0.6) is 11.5 Å². The number of hydrogen-bond donors (Lipinski definition) is 2. The summed E-state index contributed by atoms with van der Waals surface area (Å²) in [5.41, 5.74) is 7.81. The van der Waals surface area contributed by atoms with Gasteiger partial charge in [0.25, 0.3) is 0 Å². The normalized spacial score (nSPS) is 13.8. The number of phenols is 1. The highest BCUT2D eigenvalue weighted by molar-refractivity contribution is 6.21. The van der Waals surface area contributed by atoms with Gasteiger partial charge in [-0.15, -0.1) is 0 Å². The lowest BCUT2D eigenvalue weighted by Crippen LogP contribution is -2.23. The van der Waals surface area contributed by atoms with E-state index in [1.54, 1.807) is 18.2 Å². The standard InChI is InChI=1S/C42H57N3O4/c1-6-7-8-9-10-11-12-13-14-15-16-23-48-28-34(46)29-49-35-19-22-38(40(47)26-35)41-43-27-39(36-20-17-30(2)24-32(36)4)44-42(45-41)37-21-18-31(3)25-33(37)5/h17-22,24-26,34,46-47H,6-16,23,27-29H2,1-5H3. The number of hydrogen-bond acceptors (Lipinski definition) is 7. The van der Waals surface area contributed by atoms with Gasteiger partial charge in [0.2, 0.25) is 0 Å². The molecule has 0 bridgehead atoms. The van der Waals surface area contributed by atoms with E-state index < -0.39 is 6.10 Å². The van der Waals surface area contributed by atoms with Crippen LogP contribution in [0.15, 0.2) is 69.6 Å². The molecule has 264 valence electrons. The third-order valence-corrected chi connectivity index (χ3v) is 9.00. The van der Waals surface area contributed by atoms with Gasteiger partial charge in [-0.1, -0.05) is 119 Å². The molecule has 0 saturated carbocycles. The van der Waals surface area contributed by atoms with Crippen molar-refractivity contribution in [3.63, 3.8) is 0 Å². The first kappa shape index (κ1) is 38.0. The zero-order chi connectivity index (χ0) is 35.0. The summed E-state index contributed by atoms with van der Waals surface area (Å²) in [5, 5.41) is 21.5. The van der Waals surface area contributed by atoms with Gasteiger partial charge in [0, 0.05) is 23.8 Å². The number of amidine groups is 2. The molecule has 2 N–H and O–H groups in total. The average molecular weight is 668 g/mol. The lowest BCUT2D eigenvalue weighted by Gasteiger charge is -2.14. The van der Waals surface area contributed by atoms with Crippen LogP contribution in [0.25, 0.3) is 0 Å². The van der Waals surface area contributed by atoms with Gasteiger partial charge in [-0.25, -0.2) is 9.98 Å². The predicted octanol–water partition coefficient (Wildman–Crippen LogP) is 9.39. The summed E-state index contributed by atoms with van der Waals surface area (Å²) in [7, 11) is 0. The van der Waals surface area contributed by atoms with Crippen LogP contribution in [-0.2, 0) is 4.74 Å². The van der Waals surface area contributed by atoms with Crippen LogP contribution in [0.2, 0.25) is 0 Å². The quantitative estimate of drug-likeness (QED) is 0.117. The van der Waals surface area contributed by atoms with Crippen molar-refractivity contribution in [1.82, 2.24) is 0 Å². The second-order valence-electron chi connectivity index (χ2n) is 13.5. The minimum Gasteiger partial charge on any atom is -0.507 e.